The lowest BCUT2D eigenvalue weighted by atomic mass is 10.0. The highest BCUT2D eigenvalue weighted by Gasteiger charge is 2.22. The summed E-state index contributed by atoms with van der Waals surface area (Å²) in [6.07, 6.45) is 0.617. The SMILES string of the molecule is COc1ccc(Cn2c(NC(=O)c3ccccc3)nc(Cc3ccccc3)c2-c2ccccc2)c(OC)c1. The van der Waals surface area contributed by atoms with Crippen molar-refractivity contribution in [3.05, 3.63) is 132 Å². The van der Waals surface area contributed by atoms with Crippen LogP contribution in [0.2, 0.25) is 0 Å². The number of hydrogen-bond donors (Lipinski definition) is 1. The Balaban J connectivity index is 1.66. The van der Waals surface area contributed by atoms with Gasteiger partial charge in [0.05, 0.1) is 32.2 Å². The van der Waals surface area contributed by atoms with Crippen molar-refractivity contribution < 1.29 is 14.3 Å². The van der Waals surface area contributed by atoms with E-state index >= 15 is 0 Å². The van der Waals surface area contributed by atoms with Gasteiger partial charge in [0.15, 0.2) is 0 Å². The summed E-state index contributed by atoms with van der Waals surface area (Å²) in [5.74, 6) is 1.66. The normalized spacial score (nSPS) is 10.7. The number of nitrogens with one attached hydrogen (secondary N) is 1. The summed E-state index contributed by atoms with van der Waals surface area (Å²) < 4.78 is 13.1. The highest BCUT2D eigenvalue weighted by Crippen LogP contribution is 2.33. The Morgan fingerprint density at radius 1 is 0.816 bits per heavy atom. The molecule has 6 nitrogen and oxygen atoms in total. The van der Waals surface area contributed by atoms with E-state index < -0.39 is 0 Å². The Labute approximate surface area is 222 Å². The number of amides is 1. The molecule has 0 atom stereocenters. The van der Waals surface area contributed by atoms with Crippen LogP contribution in [0.4, 0.5) is 5.95 Å². The van der Waals surface area contributed by atoms with Gasteiger partial charge >= 0.3 is 0 Å². The van der Waals surface area contributed by atoms with E-state index in [1.54, 1.807) is 26.4 Å². The molecule has 0 radical (unpaired) electrons. The van der Waals surface area contributed by atoms with E-state index in [9.17, 15) is 4.79 Å². The summed E-state index contributed by atoms with van der Waals surface area (Å²) in [7, 11) is 3.27. The monoisotopic (exact) mass is 503 g/mol. The lowest BCUT2D eigenvalue weighted by molar-refractivity contribution is 0.102. The van der Waals surface area contributed by atoms with Gasteiger partial charge in [-0.1, -0.05) is 78.9 Å². The Hall–Kier alpha value is -4.84. The predicted molar refractivity (Wildman–Crippen MR) is 150 cm³/mol. The number of benzene rings is 4. The van der Waals surface area contributed by atoms with Crippen molar-refractivity contribution in [2.24, 2.45) is 0 Å². The third kappa shape index (κ3) is 5.44. The van der Waals surface area contributed by atoms with Gasteiger partial charge in [-0.25, -0.2) is 4.98 Å². The molecule has 0 bridgehead atoms. The van der Waals surface area contributed by atoms with Crippen molar-refractivity contribution in [1.29, 1.82) is 0 Å². The summed E-state index contributed by atoms with van der Waals surface area (Å²) in [5, 5.41) is 3.07. The number of carbonyl (C=O) groups excluding carboxylic acids is 1. The van der Waals surface area contributed by atoms with Crippen molar-refractivity contribution in [2.45, 2.75) is 13.0 Å². The number of methoxy groups -OCH3 is 2. The van der Waals surface area contributed by atoms with Crippen LogP contribution >= 0.6 is 0 Å². The fraction of sp³-hybridized carbons (Fsp3) is 0.125. The topological polar surface area (TPSA) is 65.4 Å². The molecule has 0 aliphatic rings. The molecular weight excluding hydrogens is 474 g/mol. The molecule has 1 N–H and O–H groups in total. The van der Waals surface area contributed by atoms with Gasteiger partial charge < -0.3 is 14.0 Å². The fourth-order valence-electron chi connectivity index (χ4n) is 4.50. The largest absolute Gasteiger partial charge is 0.497 e. The molecule has 1 aromatic heterocycles. The highest BCUT2D eigenvalue weighted by atomic mass is 16.5. The number of nitrogens with zero attached hydrogens (tertiary/aromatic N) is 2. The molecule has 4 aromatic carbocycles. The molecule has 0 unspecified atom stereocenters. The van der Waals surface area contributed by atoms with Gasteiger partial charge in [0.2, 0.25) is 5.95 Å². The van der Waals surface area contributed by atoms with Crippen molar-refractivity contribution in [1.82, 2.24) is 9.55 Å². The maximum atomic E-state index is 13.2. The van der Waals surface area contributed by atoms with Crippen LogP contribution < -0.4 is 14.8 Å². The summed E-state index contributed by atoms with van der Waals surface area (Å²) in [4.78, 5) is 18.2. The molecule has 0 saturated carbocycles. The van der Waals surface area contributed by atoms with Gasteiger partial charge in [0, 0.05) is 29.2 Å². The first-order valence-corrected chi connectivity index (χ1v) is 12.4. The number of hydrogen-bond acceptors (Lipinski definition) is 4. The van der Waals surface area contributed by atoms with Gasteiger partial charge in [-0.05, 0) is 29.8 Å². The molecule has 190 valence electrons. The Kier molecular flexibility index (Phi) is 7.50. The number of rotatable bonds is 9. The van der Waals surface area contributed by atoms with E-state index in [0.717, 1.165) is 28.1 Å². The quantitative estimate of drug-likeness (QED) is 0.251. The molecule has 38 heavy (non-hydrogen) atoms. The molecule has 0 saturated heterocycles. The molecule has 0 aliphatic carbocycles. The maximum absolute atomic E-state index is 13.2. The molecule has 5 aromatic rings. The number of carbonyl (C=O) groups is 1. The minimum atomic E-state index is -0.218. The second kappa shape index (κ2) is 11.5. The minimum absolute atomic E-state index is 0.218. The molecule has 0 aliphatic heterocycles. The van der Waals surface area contributed by atoms with Crippen molar-refractivity contribution in [2.75, 3.05) is 19.5 Å². The van der Waals surface area contributed by atoms with E-state index in [2.05, 4.69) is 34.1 Å². The van der Waals surface area contributed by atoms with Crippen LogP contribution in [-0.2, 0) is 13.0 Å². The van der Waals surface area contributed by atoms with Crippen LogP contribution in [0.3, 0.4) is 0 Å². The van der Waals surface area contributed by atoms with Crippen LogP contribution in [0, 0.1) is 0 Å². The number of ether oxygens (including phenoxy) is 2. The van der Waals surface area contributed by atoms with Gasteiger partial charge in [-0.15, -0.1) is 0 Å². The smallest absolute Gasteiger partial charge is 0.257 e. The van der Waals surface area contributed by atoms with Gasteiger partial charge in [0.1, 0.15) is 11.5 Å². The van der Waals surface area contributed by atoms with Gasteiger partial charge in [0.25, 0.3) is 5.91 Å². The summed E-state index contributed by atoms with van der Waals surface area (Å²) in [6.45, 7) is 0.434. The van der Waals surface area contributed by atoms with E-state index in [-0.39, 0.29) is 5.91 Å². The minimum Gasteiger partial charge on any atom is -0.497 e. The zero-order valence-corrected chi connectivity index (χ0v) is 21.4. The summed E-state index contributed by atoms with van der Waals surface area (Å²) in [5.41, 5.74) is 5.46. The zero-order chi connectivity index (χ0) is 26.3. The molecule has 6 heteroatoms. The van der Waals surface area contributed by atoms with Gasteiger partial charge in [-0.3, -0.25) is 10.1 Å². The van der Waals surface area contributed by atoms with Crippen molar-refractivity contribution in [3.63, 3.8) is 0 Å². The standard InChI is InChI=1S/C32H29N3O3/c1-37-27-19-18-26(29(21-27)38-2)22-35-30(24-14-8-4-9-15-24)28(20-23-12-6-3-7-13-23)33-32(35)34-31(36)25-16-10-5-11-17-25/h3-19,21H,20,22H2,1-2H3,(H,33,34,36). The first-order valence-electron chi connectivity index (χ1n) is 12.4. The van der Waals surface area contributed by atoms with Crippen molar-refractivity contribution in [3.8, 4) is 22.8 Å². The van der Waals surface area contributed by atoms with E-state index in [1.165, 1.54) is 0 Å². The van der Waals surface area contributed by atoms with Gasteiger partial charge in [-0.2, -0.15) is 0 Å². The number of anilines is 1. The molecule has 0 spiro atoms. The average molecular weight is 504 g/mol. The van der Waals surface area contributed by atoms with Crippen LogP contribution in [0.15, 0.2) is 109 Å². The van der Waals surface area contributed by atoms with Crippen LogP contribution in [0.5, 0.6) is 11.5 Å². The fourth-order valence-corrected chi connectivity index (χ4v) is 4.50. The van der Waals surface area contributed by atoms with E-state index in [1.807, 2.05) is 72.8 Å². The first kappa shape index (κ1) is 24.8. The molecule has 5 rings (SSSR count). The first-order chi connectivity index (χ1) is 18.7. The molecule has 1 amide bonds. The van der Waals surface area contributed by atoms with E-state index in [4.69, 9.17) is 14.5 Å². The predicted octanol–water partition coefficient (Wildman–Crippen LogP) is 6.46. The van der Waals surface area contributed by atoms with E-state index in [0.29, 0.717) is 36.0 Å². The lowest BCUT2D eigenvalue weighted by Crippen LogP contribution is -2.17. The van der Waals surface area contributed by atoms with Crippen molar-refractivity contribution >= 4 is 11.9 Å². The highest BCUT2D eigenvalue weighted by molar-refractivity contribution is 6.03. The second-order valence-corrected chi connectivity index (χ2v) is 8.84. The third-order valence-electron chi connectivity index (χ3n) is 6.39. The lowest BCUT2D eigenvalue weighted by Gasteiger charge is -2.16. The number of aromatic nitrogens is 2. The summed E-state index contributed by atoms with van der Waals surface area (Å²) >= 11 is 0. The zero-order valence-electron chi connectivity index (χ0n) is 21.4. The Morgan fingerprint density at radius 3 is 2.13 bits per heavy atom. The second-order valence-electron chi connectivity index (χ2n) is 8.84. The molecule has 0 fully saturated rings. The maximum Gasteiger partial charge on any atom is 0.257 e. The van der Waals surface area contributed by atoms with Crippen LogP contribution in [-0.4, -0.2) is 29.7 Å². The third-order valence-corrected chi connectivity index (χ3v) is 6.39. The average Bonchev–Trinajstić information content (AvgIpc) is 3.30. The molecular formula is C32H29N3O3. The number of imidazole rings is 1. The summed E-state index contributed by atoms with van der Waals surface area (Å²) in [6, 6.07) is 35.3. The Bertz CT molecular complexity index is 1510. The van der Waals surface area contributed by atoms with Crippen LogP contribution in [0.1, 0.15) is 27.2 Å². The van der Waals surface area contributed by atoms with Crippen LogP contribution in [0.25, 0.3) is 11.3 Å². The Morgan fingerprint density at radius 2 is 1.47 bits per heavy atom. The molecule has 1 heterocycles.